The Morgan fingerprint density at radius 2 is 1.30 bits per heavy atom. The van der Waals surface area contributed by atoms with Crippen LogP contribution in [0, 0.1) is 0 Å². The van der Waals surface area contributed by atoms with E-state index < -0.39 is 21.6 Å². The highest BCUT2D eigenvalue weighted by Gasteiger charge is 2.16. The lowest BCUT2D eigenvalue weighted by molar-refractivity contribution is -0.137. The van der Waals surface area contributed by atoms with E-state index in [4.69, 9.17) is 0 Å². The van der Waals surface area contributed by atoms with Gasteiger partial charge in [0.1, 0.15) is 5.75 Å². The molecule has 0 fully saturated rings. The average Bonchev–Trinajstić information content (AvgIpc) is 2.40. The van der Waals surface area contributed by atoms with E-state index in [9.17, 15) is 13.2 Å². The molecule has 5 heteroatoms. The minimum atomic E-state index is -3.28. The van der Waals surface area contributed by atoms with E-state index in [2.05, 4.69) is 11.7 Å². The maximum atomic E-state index is 11.5. The number of carbonyl (C=O) groups is 1. The van der Waals surface area contributed by atoms with E-state index in [1.807, 2.05) is 0 Å². The van der Waals surface area contributed by atoms with Crippen molar-refractivity contribution in [1.82, 2.24) is 0 Å². The Balaban J connectivity index is 3.41. The maximum Gasteiger partial charge on any atom is 0.320 e. The average molecular weight is 306 g/mol. The Morgan fingerprint density at radius 3 is 1.75 bits per heavy atom. The highest BCUT2D eigenvalue weighted by Crippen LogP contribution is 2.11. The van der Waals surface area contributed by atoms with Gasteiger partial charge in [-0.15, -0.1) is 0 Å². The molecule has 0 saturated carbocycles. The van der Waals surface area contributed by atoms with Crippen LogP contribution in [0.1, 0.15) is 71.1 Å². The molecular weight excluding hydrogens is 276 g/mol. The van der Waals surface area contributed by atoms with Crippen molar-refractivity contribution in [2.45, 2.75) is 71.1 Å². The summed E-state index contributed by atoms with van der Waals surface area (Å²) in [6, 6.07) is 0. The number of carbonyl (C=O) groups excluding carboxylic acids is 1. The first-order valence-electron chi connectivity index (χ1n) is 7.79. The molecule has 0 radical (unpaired) electrons. The molecule has 0 rings (SSSR count). The van der Waals surface area contributed by atoms with E-state index in [0.29, 0.717) is 6.42 Å². The molecule has 120 valence electrons. The molecule has 20 heavy (non-hydrogen) atoms. The van der Waals surface area contributed by atoms with E-state index in [0.717, 1.165) is 12.8 Å². The Labute approximate surface area is 124 Å². The van der Waals surface area contributed by atoms with Gasteiger partial charge in [0, 0.05) is 0 Å². The second-order valence-corrected chi connectivity index (χ2v) is 7.53. The lowest BCUT2D eigenvalue weighted by Gasteiger charge is -2.04. The van der Waals surface area contributed by atoms with Gasteiger partial charge in [-0.05, 0) is 6.42 Å². The number of hydrogen-bond acceptors (Lipinski definition) is 4. The molecule has 0 aliphatic heterocycles. The molecule has 0 atom stereocenters. The molecule has 0 aliphatic carbocycles. The Hall–Kier alpha value is -0.580. The molecular formula is C15H30O4S. The number of unbranched alkanes of at least 4 members (excludes halogenated alkanes) is 9. The molecule has 4 nitrogen and oxygen atoms in total. The smallest absolute Gasteiger partial charge is 0.320 e. The molecule has 0 aromatic rings. The molecule has 0 unspecified atom stereocenters. The normalized spacial score (nSPS) is 11.5. The summed E-state index contributed by atoms with van der Waals surface area (Å²) >= 11 is 0. The quantitative estimate of drug-likeness (QED) is 0.386. The van der Waals surface area contributed by atoms with Crippen molar-refractivity contribution < 1.29 is 17.9 Å². The summed E-state index contributed by atoms with van der Waals surface area (Å²) in [5.74, 6) is -1.06. The van der Waals surface area contributed by atoms with Gasteiger partial charge in [0.05, 0.1) is 12.9 Å². The summed E-state index contributed by atoms with van der Waals surface area (Å²) in [5, 5.41) is 0. The first-order chi connectivity index (χ1) is 9.52. The highest BCUT2D eigenvalue weighted by atomic mass is 32.2. The standard InChI is InChI=1S/C15H30O4S/c1-3-4-5-6-7-8-9-10-11-12-13-20(17,18)14-15(16)19-2/h3-14H2,1-2H3. The van der Waals surface area contributed by atoms with Gasteiger partial charge in [0.25, 0.3) is 0 Å². The molecule has 0 saturated heterocycles. The van der Waals surface area contributed by atoms with Crippen LogP contribution >= 0.6 is 0 Å². The summed E-state index contributed by atoms with van der Waals surface area (Å²) < 4.78 is 27.4. The summed E-state index contributed by atoms with van der Waals surface area (Å²) in [5.41, 5.74) is 0. The molecule has 0 N–H and O–H groups in total. The molecule has 0 bridgehead atoms. The predicted octanol–water partition coefficient (Wildman–Crippen LogP) is 3.50. The first kappa shape index (κ1) is 19.4. The van der Waals surface area contributed by atoms with Crippen LogP contribution in [-0.2, 0) is 19.4 Å². The van der Waals surface area contributed by atoms with Gasteiger partial charge in [0.2, 0.25) is 0 Å². The number of esters is 1. The van der Waals surface area contributed by atoms with Crippen molar-refractivity contribution in [3.63, 3.8) is 0 Å². The minimum absolute atomic E-state index is 0.0958. The zero-order valence-corrected chi connectivity index (χ0v) is 13.8. The van der Waals surface area contributed by atoms with Crippen molar-refractivity contribution in [2.75, 3.05) is 18.6 Å². The van der Waals surface area contributed by atoms with Crippen LogP contribution in [-0.4, -0.2) is 33.0 Å². The van der Waals surface area contributed by atoms with Crippen LogP contribution in [0.15, 0.2) is 0 Å². The summed E-state index contributed by atoms with van der Waals surface area (Å²) in [4.78, 5) is 10.9. The fourth-order valence-corrected chi connectivity index (χ4v) is 3.39. The Morgan fingerprint density at radius 1 is 0.850 bits per heavy atom. The Kier molecular flexibility index (Phi) is 11.8. The van der Waals surface area contributed by atoms with Crippen LogP contribution in [0.2, 0.25) is 0 Å². The Bertz CT molecular complexity index is 336. The van der Waals surface area contributed by atoms with Gasteiger partial charge in [-0.3, -0.25) is 4.79 Å². The molecule has 0 heterocycles. The predicted molar refractivity (Wildman–Crippen MR) is 82.5 cm³/mol. The minimum Gasteiger partial charge on any atom is -0.468 e. The van der Waals surface area contributed by atoms with Gasteiger partial charge in [-0.2, -0.15) is 0 Å². The van der Waals surface area contributed by atoms with Crippen LogP contribution in [0.3, 0.4) is 0 Å². The molecule has 0 spiro atoms. The van der Waals surface area contributed by atoms with Crippen molar-refractivity contribution in [2.24, 2.45) is 0 Å². The van der Waals surface area contributed by atoms with Gasteiger partial charge in [-0.1, -0.05) is 64.7 Å². The first-order valence-corrected chi connectivity index (χ1v) is 9.61. The highest BCUT2D eigenvalue weighted by molar-refractivity contribution is 7.92. The number of ether oxygens (including phenoxy) is 1. The topological polar surface area (TPSA) is 60.4 Å². The monoisotopic (exact) mass is 306 g/mol. The van der Waals surface area contributed by atoms with E-state index in [1.54, 1.807) is 0 Å². The summed E-state index contributed by atoms with van der Waals surface area (Å²) in [7, 11) is -2.07. The van der Waals surface area contributed by atoms with Crippen LogP contribution in [0.5, 0.6) is 0 Å². The molecule has 0 amide bonds. The van der Waals surface area contributed by atoms with Crippen molar-refractivity contribution in [3.05, 3.63) is 0 Å². The lowest BCUT2D eigenvalue weighted by Crippen LogP contribution is -2.19. The van der Waals surface area contributed by atoms with E-state index in [-0.39, 0.29) is 5.75 Å². The van der Waals surface area contributed by atoms with Crippen molar-refractivity contribution in [1.29, 1.82) is 0 Å². The van der Waals surface area contributed by atoms with E-state index >= 15 is 0 Å². The molecule has 0 aliphatic rings. The number of hydrogen-bond donors (Lipinski definition) is 0. The lowest BCUT2D eigenvalue weighted by atomic mass is 10.1. The van der Waals surface area contributed by atoms with Crippen LogP contribution < -0.4 is 0 Å². The van der Waals surface area contributed by atoms with Gasteiger partial charge >= 0.3 is 5.97 Å². The largest absolute Gasteiger partial charge is 0.468 e. The SMILES string of the molecule is CCCCCCCCCCCCS(=O)(=O)CC(=O)OC. The fraction of sp³-hybridized carbons (Fsp3) is 0.933. The van der Waals surface area contributed by atoms with Crippen molar-refractivity contribution in [3.8, 4) is 0 Å². The van der Waals surface area contributed by atoms with Gasteiger partial charge < -0.3 is 4.74 Å². The molecule has 0 aromatic carbocycles. The zero-order chi connectivity index (χ0) is 15.3. The summed E-state index contributed by atoms with van der Waals surface area (Å²) in [6.07, 6.45) is 11.6. The molecule has 0 aromatic heterocycles. The van der Waals surface area contributed by atoms with Crippen LogP contribution in [0.4, 0.5) is 0 Å². The number of methoxy groups -OCH3 is 1. The second kappa shape index (κ2) is 12.2. The van der Waals surface area contributed by atoms with E-state index in [1.165, 1.54) is 52.1 Å². The zero-order valence-electron chi connectivity index (χ0n) is 13.0. The van der Waals surface area contributed by atoms with Crippen LogP contribution in [0.25, 0.3) is 0 Å². The number of sulfone groups is 1. The maximum absolute atomic E-state index is 11.5. The third kappa shape index (κ3) is 12.5. The third-order valence-electron chi connectivity index (χ3n) is 3.37. The fourth-order valence-electron chi connectivity index (χ4n) is 2.12. The van der Waals surface area contributed by atoms with Gasteiger partial charge in [0.15, 0.2) is 9.84 Å². The van der Waals surface area contributed by atoms with Gasteiger partial charge in [-0.25, -0.2) is 8.42 Å². The van der Waals surface area contributed by atoms with Crippen molar-refractivity contribution >= 4 is 15.8 Å². The summed E-state index contributed by atoms with van der Waals surface area (Å²) in [6.45, 7) is 2.22. The third-order valence-corrected chi connectivity index (χ3v) is 4.96. The number of rotatable bonds is 13. The second-order valence-electron chi connectivity index (χ2n) is 5.35.